The summed E-state index contributed by atoms with van der Waals surface area (Å²) in [6.07, 6.45) is 3.82. The molecule has 0 N–H and O–H groups in total. The normalized spacial score (nSPS) is 19.5. The molecule has 1 atom stereocenters. The first-order valence-corrected chi connectivity index (χ1v) is 6.66. The third kappa shape index (κ3) is 3.93. The van der Waals surface area contributed by atoms with Crippen molar-refractivity contribution in [2.24, 2.45) is 5.92 Å². The number of imide groups is 1. The molecule has 1 aliphatic heterocycles. The number of hydrogen-bond donors (Lipinski definition) is 0. The van der Waals surface area contributed by atoms with Crippen LogP contribution < -0.4 is 0 Å². The number of amides is 2. The first-order valence-electron chi connectivity index (χ1n) is 5.54. The minimum absolute atomic E-state index is 0.0114. The number of rotatable bonds is 5. The van der Waals surface area contributed by atoms with Crippen molar-refractivity contribution in [1.29, 1.82) is 0 Å². The summed E-state index contributed by atoms with van der Waals surface area (Å²) in [6.45, 7) is 2.76. The Morgan fingerprint density at radius 1 is 1.27 bits per heavy atom. The van der Waals surface area contributed by atoms with Crippen LogP contribution in [-0.2, 0) is 9.59 Å². The van der Waals surface area contributed by atoms with Crippen LogP contribution in [0.3, 0.4) is 0 Å². The molecule has 15 heavy (non-hydrogen) atoms. The number of halogens is 1. The van der Waals surface area contributed by atoms with Crippen LogP contribution in [0, 0.1) is 5.92 Å². The van der Waals surface area contributed by atoms with Gasteiger partial charge >= 0.3 is 0 Å². The van der Waals surface area contributed by atoms with Gasteiger partial charge in [0.05, 0.1) is 0 Å². The highest BCUT2D eigenvalue weighted by Crippen LogP contribution is 2.15. The third-order valence-electron chi connectivity index (χ3n) is 2.83. The van der Waals surface area contributed by atoms with E-state index in [4.69, 9.17) is 0 Å². The minimum atomic E-state index is 0.0114. The Bertz CT molecular complexity index is 227. The zero-order valence-electron chi connectivity index (χ0n) is 9.17. The van der Waals surface area contributed by atoms with Gasteiger partial charge < -0.3 is 0 Å². The molecule has 1 unspecified atom stereocenters. The monoisotopic (exact) mass is 275 g/mol. The number of carbonyl (C=O) groups is 2. The molecule has 0 aromatic carbocycles. The lowest BCUT2D eigenvalue weighted by molar-refractivity contribution is -0.148. The van der Waals surface area contributed by atoms with Crippen LogP contribution in [0.4, 0.5) is 0 Å². The summed E-state index contributed by atoms with van der Waals surface area (Å²) in [5, 5.41) is 0.982. The van der Waals surface area contributed by atoms with E-state index in [1.807, 2.05) is 0 Å². The second-order valence-corrected chi connectivity index (χ2v) is 4.96. The van der Waals surface area contributed by atoms with Gasteiger partial charge in [-0.2, -0.15) is 0 Å². The maximum atomic E-state index is 11.5. The topological polar surface area (TPSA) is 37.4 Å². The Labute approximate surface area is 99.3 Å². The van der Waals surface area contributed by atoms with Gasteiger partial charge in [0.25, 0.3) is 0 Å². The minimum Gasteiger partial charge on any atom is -0.283 e. The largest absolute Gasteiger partial charge is 0.283 e. The second kappa shape index (κ2) is 6.26. The molecule has 0 aromatic rings. The van der Waals surface area contributed by atoms with Gasteiger partial charge in [-0.05, 0) is 25.2 Å². The van der Waals surface area contributed by atoms with Gasteiger partial charge in [0.1, 0.15) is 0 Å². The highest BCUT2D eigenvalue weighted by Gasteiger charge is 2.25. The van der Waals surface area contributed by atoms with Crippen LogP contribution in [0.5, 0.6) is 0 Å². The molecule has 0 spiro atoms. The SMILES string of the molecule is CC(CCBr)CCN1C(=O)CCCC1=O. The molecule has 1 fully saturated rings. The molecule has 4 heteroatoms. The Morgan fingerprint density at radius 2 is 1.87 bits per heavy atom. The van der Waals surface area contributed by atoms with Crippen molar-refractivity contribution in [2.45, 2.75) is 39.0 Å². The smallest absolute Gasteiger partial charge is 0.229 e. The van der Waals surface area contributed by atoms with Gasteiger partial charge in [0.2, 0.25) is 11.8 Å². The Hall–Kier alpha value is -0.380. The Morgan fingerprint density at radius 3 is 2.40 bits per heavy atom. The summed E-state index contributed by atoms with van der Waals surface area (Å²) < 4.78 is 0. The molecule has 0 aromatic heterocycles. The van der Waals surface area contributed by atoms with Gasteiger partial charge in [-0.1, -0.05) is 22.9 Å². The van der Waals surface area contributed by atoms with E-state index < -0.39 is 0 Å². The maximum absolute atomic E-state index is 11.5. The summed E-state index contributed by atoms with van der Waals surface area (Å²) in [5.41, 5.74) is 0. The molecule has 1 saturated heterocycles. The van der Waals surface area contributed by atoms with E-state index in [0.29, 0.717) is 25.3 Å². The fourth-order valence-corrected chi connectivity index (χ4v) is 2.51. The lowest BCUT2D eigenvalue weighted by Crippen LogP contribution is -2.41. The van der Waals surface area contributed by atoms with Crippen molar-refractivity contribution in [3.8, 4) is 0 Å². The first kappa shape index (κ1) is 12.7. The zero-order chi connectivity index (χ0) is 11.3. The Kier molecular flexibility index (Phi) is 5.29. The van der Waals surface area contributed by atoms with E-state index in [1.54, 1.807) is 0 Å². The molecule has 86 valence electrons. The summed E-state index contributed by atoms with van der Waals surface area (Å²) in [7, 11) is 0. The van der Waals surface area contributed by atoms with Crippen LogP contribution in [-0.4, -0.2) is 28.6 Å². The number of hydrogen-bond acceptors (Lipinski definition) is 2. The number of likely N-dealkylation sites (tertiary alicyclic amines) is 1. The van der Waals surface area contributed by atoms with Crippen molar-refractivity contribution in [3.63, 3.8) is 0 Å². The molecule has 2 amide bonds. The summed E-state index contributed by atoms with van der Waals surface area (Å²) in [6, 6.07) is 0. The van der Waals surface area contributed by atoms with Crippen LogP contribution in [0.15, 0.2) is 0 Å². The van der Waals surface area contributed by atoms with E-state index in [-0.39, 0.29) is 11.8 Å². The number of nitrogens with zero attached hydrogens (tertiary/aromatic N) is 1. The molecule has 0 bridgehead atoms. The highest BCUT2D eigenvalue weighted by atomic mass is 79.9. The molecule has 0 radical (unpaired) electrons. The standard InChI is InChI=1S/C11H18BrNO2/c1-9(5-7-12)6-8-13-10(14)3-2-4-11(13)15/h9H,2-8H2,1H3. The summed E-state index contributed by atoms with van der Waals surface area (Å²) in [5.74, 6) is 0.585. The van der Waals surface area contributed by atoms with E-state index in [9.17, 15) is 9.59 Å². The van der Waals surface area contributed by atoms with Crippen molar-refractivity contribution >= 4 is 27.7 Å². The van der Waals surface area contributed by atoms with Gasteiger partial charge in [-0.15, -0.1) is 0 Å². The average molecular weight is 276 g/mol. The van der Waals surface area contributed by atoms with E-state index in [2.05, 4.69) is 22.9 Å². The quantitative estimate of drug-likeness (QED) is 0.571. The Balaban J connectivity index is 2.35. The fourth-order valence-electron chi connectivity index (χ4n) is 1.73. The van der Waals surface area contributed by atoms with Crippen LogP contribution >= 0.6 is 15.9 Å². The number of alkyl halides is 1. The van der Waals surface area contributed by atoms with E-state index >= 15 is 0 Å². The van der Waals surface area contributed by atoms with Crippen molar-refractivity contribution in [1.82, 2.24) is 4.90 Å². The van der Waals surface area contributed by atoms with Crippen molar-refractivity contribution in [3.05, 3.63) is 0 Å². The second-order valence-electron chi connectivity index (χ2n) is 4.16. The lowest BCUT2D eigenvalue weighted by Gasteiger charge is -2.25. The van der Waals surface area contributed by atoms with Crippen molar-refractivity contribution in [2.75, 3.05) is 11.9 Å². The van der Waals surface area contributed by atoms with Crippen LogP contribution in [0.2, 0.25) is 0 Å². The summed E-state index contributed by atoms with van der Waals surface area (Å²) >= 11 is 3.39. The number of carbonyl (C=O) groups excluding carboxylic acids is 2. The predicted octanol–water partition coefficient (Wildman–Crippen LogP) is 2.34. The van der Waals surface area contributed by atoms with Gasteiger partial charge in [0, 0.05) is 24.7 Å². The van der Waals surface area contributed by atoms with Crippen molar-refractivity contribution < 1.29 is 9.59 Å². The molecule has 0 saturated carbocycles. The number of piperidine rings is 1. The van der Waals surface area contributed by atoms with E-state index in [1.165, 1.54) is 4.90 Å². The molecule has 1 rings (SSSR count). The molecule has 0 aliphatic carbocycles. The molecule has 1 heterocycles. The van der Waals surface area contributed by atoms with E-state index in [0.717, 1.165) is 24.6 Å². The highest BCUT2D eigenvalue weighted by molar-refractivity contribution is 9.09. The fraction of sp³-hybridized carbons (Fsp3) is 0.818. The zero-order valence-corrected chi connectivity index (χ0v) is 10.8. The first-order chi connectivity index (χ1) is 7.15. The van der Waals surface area contributed by atoms with Crippen LogP contribution in [0.25, 0.3) is 0 Å². The molecular weight excluding hydrogens is 258 g/mol. The maximum Gasteiger partial charge on any atom is 0.229 e. The lowest BCUT2D eigenvalue weighted by atomic mass is 10.0. The molecular formula is C11H18BrNO2. The molecule has 1 aliphatic rings. The average Bonchev–Trinajstić information content (AvgIpc) is 2.17. The summed E-state index contributed by atoms with van der Waals surface area (Å²) in [4.78, 5) is 24.4. The van der Waals surface area contributed by atoms with Gasteiger partial charge in [-0.3, -0.25) is 14.5 Å². The molecule has 3 nitrogen and oxygen atoms in total. The van der Waals surface area contributed by atoms with Gasteiger partial charge in [0.15, 0.2) is 0 Å². The van der Waals surface area contributed by atoms with Gasteiger partial charge in [-0.25, -0.2) is 0 Å². The predicted molar refractivity (Wildman–Crippen MR) is 62.8 cm³/mol. The third-order valence-corrected chi connectivity index (χ3v) is 3.29. The van der Waals surface area contributed by atoms with Crippen LogP contribution in [0.1, 0.15) is 39.0 Å².